The van der Waals surface area contributed by atoms with Crippen LogP contribution in [0.1, 0.15) is 38.5 Å². The van der Waals surface area contributed by atoms with E-state index in [-0.39, 0.29) is 12.2 Å². The van der Waals surface area contributed by atoms with Gasteiger partial charge in [-0.05, 0) is 50.5 Å². The summed E-state index contributed by atoms with van der Waals surface area (Å²) in [4.78, 5) is 12.8. The van der Waals surface area contributed by atoms with Crippen molar-refractivity contribution in [3.63, 3.8) is 0 Å². The van der Waals surface area contributed by atoms with Gasteiger partial charge in [0.15, 0.2) is 12.0 Å². The number of hydrogen-bond acceptors (Lipinski definition) is 7. The van der Waals surface area contributed by atoms with E-state index in [1.165, 1.54) is 6.33 Å². The number of ether oxygens (including phenoxy) is 2. The number of pyridine rings is 1. The van der Waals surface area contributed by atoms with E-state index in [0.29, 0.717) is 28.1 Å². The molecule has 34 heavy (non-hydrogen) atoms. The van der Waals surface area contributed by atoms with Crippen LogP contribution < -0.4 is 5.73 Å². The number of aryl methyl sites for hydroxylation is 1. The van der Waals surface area contributed by atoms with Gasteiger partial charge in [-0.1, -0.05) is 35.3 Å². The van der Waals surface area contributed by atoms with E-state index < -0.39 is 12.0 Å². The summed E-state index contributed by atoms with van der Waals surface area (Å²) in [7, 11) is 0. The van der Waals surface area contributed by atoms with Gasteiger partial charge in [-0.25, -0.2) is 15.0 Å². The third kappa shape index (κ3) is 4.69. The van der Waals surface area contributed by atoms with Crippen molar-refractivity contribution in [2.45, 2.75) is 57.3 Å². The van der Waals surface area contributed by atoms with Gasteiger partial charge >= 0.3 is 0 Å². The molecule has 8 nitrogen and oxygen atoms in total. The molecule has 0 amide bonds. The third-order valence-corrected chi connectivity index (χ3v) is 6.54. The van der Waals surface area contributed by atoms with E-state index in [2.05, 4.69) is 21.0 Å². The Bertz CT molecular complexity index is 1350. The molecule has 5 rings (SSSR count). The zero-order valence-electron chi connectivity index (χ0n) is 18.8. The topological polar surface area (TPSA) is 108 Å². The van der Waals surface area contributed by atoms with E-state index in [0.717, 1.165) is 34.7 Å². The maximum atomic E-state index is 10.3. The fourth-order valence-electron chi connectivity index (χ4n) is 4.45. The maximum absolute atomic E-state index is 10.3. The highest BCUT2D eigenvalue weighted by molar-refractivity contribution is 6.34. The minimum atomic E-state index is -1.30. The van der Waals surface area contributed by atoms with Crippen molar-refractivity contribution in [1.29, 1.82) is 0 Å². The van der Waals surface area contributed by atoms with Gasteiger partial charge < -0.3 is 24.9 Å². The second kappa shape index (κ2) is 8.94. The van der Waals surface area contributed by atoms with Gasteiger partial charge in [0.25, 0.3) is 0 Å². The van der Waals surface area contributed by atoms with E-state index in [9.17, 15) is 5.11 Å². The summed E-state index contributed by atoms with van der Waals surface area (Å²) < 4.78 is 14.3. The average Bonchev–Trinajstić information content (AvgIpc) is 3.36. The van der Waals surface area contributed by atoms with Gasteiger partial charge in [0.05, 0.1) is 22.0 Å². The second-order valence-electron chi connectivity index (χ2n) is 9.03. The minimum absolute atomic E-state index is 0.0777. The van der Waals surface area contributed by atoms with E-state index in [4.69, 9.17) is 38.4 Å². The van der Waals surface area contributed by atoms with Crippen molar-refractivity contribution in [1.82, 2.24) is 19.5 Å². The molecule has 1 fully saturated rings. The molecule has 0 radical (unpaired) electrons. The zero-order chi connectivity index (χ0) is 24.0. The number of hydrogen-bond donors (Lipinski definition) is 2. The van der Waals surface area contributed by atoms with Crippen molar-refractivity contribution in [2.24, 2.45) is 0 Å². The molecule has 0 spiro atoms. The van der Waals surface area contributed by atoms with Gasteiger partial charge in [0.1, 0.15) is 29.0 Å². The summed E-state index contributed by atoms with van der Waals surface area (Å²) in [5.41, 5.74) is 8.46. The molecule has 0 aliphatic carbocycles. The number of nitrogen functional groups attached to an aromatic ring is 1. The Kier molecular flexibility index (Phi) is 6.12. The Morgan fingerprint density at radius 3 is 2.85 bits per heavy atom. The lowest BCUT2D eigenvalue weighted by atomic mass is 10.0. The number of rotatable bonds is 6. The quantitative estimate of drug-likeness (QED) is 0.285. The molecule has 4 heterocycles. The first-order valence-corrected chi connectivity index (χ1v) is 11.8. The van der Waals surface area contributed by atoms with E-state index in [1.54, 1.807) is 13.8 Å². The number of nitrogens with two attached hydrogens (primary N) is 1. The molecule has 3 atom stereocenters. The highest BCUT2D eigenvalue weighted by atomic mass is 35.5. The van der Waals surface area contributed by atoms with Gasteiger partial charge in [-0.15, -0.1) is 0 Å². The van der Waals surface area contributed by atoms with Crippen LogP contribution in [0.4, 0.5) is 5.82 Å². The lowest BCUT2D eigenvalue weighted by molar-refractivity contribution is -0.222. The predicted molar refractivity (Wildman–Crippen MR) is 132 cm³/mol. The second-order valence-corrected chi connectivity index (χ2v) is 9.80. The summed E-state index contributed by atoms with van der Waals surface area (Å²) in [6.45, 7) is 3.23. The van der Waals surface area contributed by atoms with Crippen LogP contribution in [-0.4, -0.2) is 42.6 Å². The summed E-state index contributed by atoms with van der Waals surface area (Å²) in [6.07, 6.45) is 4.57. The molecule has 3 unspecified atom stereocenters. The summed E-state index contributed by atoms with van der Waals surface area (Å²) in [5, 5.41) is 12.8. The molecule has 1 aliphatic heterocycles. The number of benzene rings is 1. The van der Waals surface area contributed by atoms with E-state index in [1.807, 2.05) is 35.0 Å². The number of aliphatic hydroxyl groups is 1. The Balaban J connectivity index is 1.36. The van der Waals surface area contributed by atoms with Crippen molar-refractivity contribution in [3.05, 3.63) is 58.6 Å². The molecule has 1 aliphatic rings. The monoisotopic (exact) mass is 501 g/mol. The standard InChI is InChI=1S/C24H25Cl2N5O3/c1-24(2,32)34-19-11-15(33-23(19)31-8-7-16-20(26)28-12-29-22(16)31)6-4-13-3-5-14-10-17(25)21(27)30-18(14)9-13/h3,5,7-10,12,15,19,23,32H,4,6,11H2,1-2H3,(H2,27,30). The smallest absolute Gasteiger partial charge is 0.162 e. The van der Waals surface area contributed by atoms with Gasteiger partial charge in [-0.2, -0.15) is 0 Å². The number of fused-ring (bicyclic) bond motifs is 2. The molecule has 178 valence electrons. The van der Waals surface area contributed by atoms with Crippen molar-refractivity contribution < 1.29 is 14.6 Å². The lowest BCUT2D eigenvalue weighted by Crippen LogP contribution is -2.33. The van der Waals surface area contributed by atoms with Crippen LogP contribution in [0.2, 0.25) is 10.2 Å². The van der Waals surface area contributed by atoms with E-state index >= 15 is 0 Å². The highest BCUT2D eigenvalue weighted by Gasteiger charge is 2.40. The van der Waals surface area contributed by atoms with Crippen molar-refractivity contribution in [3.8, 4) is 0 Å². The maximum Gasteiger partial charge on any atom is 0.162 e. The minimum Gasteiger partial charge on any atom is -0.382 e. The first kappa shape index (κ1) is 23.3. The van der Waals surface area contributed by atoms with Crippen molar-refractivity contribution >= 4 is 51.0 Å². The predicted octanol–water partition coefficient (Wildman–Crippen LogP) is 4.90. The Hall–Kier alpha value is -2.49. The third-order valence-electron chi connectivity index (χ3n) is 5.94. The van der Waals surface area contributed by atoms with Crippen LogP contribution in [0.25, 0.3) is 21.9 Å². The highest BCUT2D eigenvalue weighted by Crippen LogP contribution is 2.37. The molecule has 0 saturated carbocycles. The van der Waals surface area contributed by atoms with Crippen LogP contribution in [0.3, 0.4) is 0 Å². The Labute approximate surface area is 206 Å². The molecule has 1 aromatic carbocycles. The van der Waals surface area contributed by atoms with Crippen LogP contribution in [0.5, 0.6) is 0 Å². The first-order chi connectivity index (χ1) is 16.2. The van der Waals surface area contributed by atoms with Crippen LogP contribution >= 0.6 is 23.2 Å². The van der Waals surface area contributed by atoms with Crippen LogP contribution in [-0.2, 0) is 15.9 Å². The van der Waals surface area contributed by atoms with Gasteiger partial charge in [-0.3, -0.25) is 0 Å². The Morgan fingerprint density at radius 1 is 1.24 bits per heavy atom. The summed E-state index contributed by atoms with van der Waals surface area (Å²) in [6, 6.07) is 9.76. The van der Waals surface area contributed by atoms with Gasteiger partial charge in [0.2, 0.25) is 0 Å². The average molecular weight is 502 g/mol. The number of anilines is 1. The van der Waals surface area contributed by atoms with Crippen LogP contribution in [0.15, 0.2) is 42.9 Å². The molecule has 1 saturated heterocycles. The molecular weight excluding hydrogens is 477 g/mol. The van der Waals surface area contributed by atoms with Crippen molar-refractivity contribution in [2.75, 3.05) is 5.73 Å². The fourth-order valence-corrected chi connectivity index (χ4v) is 4.80. The molecule has 4 aromatic rings. The number of nitrogens with zero attached hydrogens (tertiary/aromatic N) is 4. The Morgan fingerprint density at radius 2 is 2.06 bits per heavy atom. The van der Waals surface area contributed by atoms with Gasteiger partial charge in [0, 0.05) is 18.0 Å². The summed E-state index contributed by atoms with van der Waals surface area (Å²) >= 11 is 12.3. The summed E-state index contributed by atoms with van der Waals surface area (Å²) in [5.74, 6) is -0.982. The fraction of sp³-hybridized carbons (Fsp3) is 0.375. The zero-order valence-corrected chi connectivity index (χ0v) is 20.3. The number of halogens is 2. The SMILES string of the molecule is CC(C)(O)OC1CC(CCc2ccc3cc(Cl)c(N)nc3c2)OC1n1ccc2c(Cl)ncnc21. The largest absolute Gasteiger partial charge is 0.382 e. The lowest BCUT2D eigenvalue weighted by Gasteiger charge is -2.27. The molecular formula is C24H25Cl2N5O3. The molecule has 10 heteroatoms. The van der Waals surface area contributed by atoms with Crippen LogP contribution in [0, 0.1) is 0 Å². The first-order valence-electron chi connectivity index (χ1n) is 11.1. The normalized spacial score (nSPS) is 21.0. The molecule has 3 aromatic heterocycles. The number of aromatic nitrogens is 4. The molecule has 3 N–H and O–H groups in total. The molecule has 0 bridgehead atoms.